The molecular formula is C13H16N2. The van der Waals surface area contributed by atoms with Crippen molar-refractivity contribution in [2.24, 2.45) is 9.98 Å². The normalized spacial score (nSPS) is 12.2. The van der Waals surface area contributed by atoms with Crippen LogP contribution in [0.4, 0.5) is 11.4 Å². The van der Waals surface area contributed by atoms with Crippen LogP contribution in [-0.4, -0.2) is 6.01 Å². The molecule has 15 heavy (non-hydrogen) atoms. The minimum absolute atomic E-state index is 1.00. The number of benzene rings is 1. The minimum Gasteiger partial charge on any atom is -0.185 e. The van der Waals surface area contributed by atoms with Crippen molar-refractivity contribution in [3.63, 3.8) is 0 Å². The predicted molar refractivity (Wildman–Crippen MR) is 63.8 cm³/mol. The largest absolute Gasteiger partial charge is 0.185 e. The molecule has 0 aliphatic carbocycles. The van der Waals surface area contributed by atoms with Gasteiger partial charge in [-0.2, -0.15) is 9.98 Å². The van der Waals surface area contributed by atoms with E-state index in [-0.39, 0.29) is 0 Å². The maximum Gasteiger partial charge on any atom is 0.105 e. The first-order valence-electron chi connectivity index (χ1n) is 5.65. The van der Waals surface area contributed by atoms with E-state index in [2.05, 4.69) is 42.8 Å². The van der Waals surface area contributed by atoms with E-state index in [1.165, 1.54) is 16.7 Å². The highest BCUT2D eigenvalue weighted by atomic mass is 14.9. The molecular weight excluding hydrogens is 184 g/mol. The maximum atomic E-state index is 4.24. The molecule has 0 fully saturated rings. The minimum atomic E-state index is 1.00. The summed E-state index contributed by atoms with van der Waals surface area (Å²) in [5.41, 5.74) is 6.28. The van der Waals surface area contributed by atoms with Crippen LogP contribution in [0.25, 0.3) is 0 Å². The zero-order valence-corrected chi connectivity index (χ0v) is 9.59. The van der Waals surface area contributed by atoms with Gasteiger partial charge in [0.1, 0.15) is 17.4 Å². The van der Waals surface area contributed by atoms with Gasteiger partial charge in [0.05, 0.1) is 0 Å². The molecule has 0 spiro atoms. The smallest absolute Gasteiger partial charge is 0.105 e. The van der Waals surface area contributed by atoms with E-state index in [1.807, 2.05) is 0 Å². The Morgan fingerprint density at radius 1 is 1.00 bits per heavy atom. The van der Waals surface area contributed by atoms with Gasteiger partial charge in [-0.05, 0) is 42.0 Å². The van der Waals surface area contributed by atoms with Crippen LogP contribution >= 0.6 is 0 Å². The number of hydrogen-bond donors (Lipinski definition) is 0. The average Bonchev–Trinajstić information content (AvgIpc) is 2.73. The third-order valence-corrected chi connectivity index (χ3v) is 3.01. The molecule has 1 aliphatic rings. The van der Waals surface area contributed by atoms with Gasteiger partial charge in [-0.25, -0.2) is 0 Å². The van der Waals surface area contributed by atoms with Crippen molar-refractivity contribution in [1.82, 2.24) is 0 Å². The molecule has 0 bridgehead atoms. The van der Waals surface area contributed by atoms with Gasteiger partial charge < -0.3 is 0 Å². The van der Waals surface area contributed by atoms with Gasteiger partial charge in [0.2, 0.25) is 0 Å². The SMILES string of the molecule is CCc1cc2c(c(CC)c1CC)N=C=N2. The second kappa shape index (κ2) is 4.00. The summed E-state index contributed by atoms with van der Waals surface area (Å²) in [5, 5.41) is 0. The Morgan fingerprint density at radius 3 is 2.33 bits per heavy atom. The summed E-state index contributed by atoms with van der Waals surface area (Å²) >= 11 is 0. The number of hydrogen-bond acceptors (Lipinski definition) is 2. The van der Waals surface area contributed by atoms with Crippen LogP contribution in [0.2, 0.25) is 0 Å². The zero-order valence-electron chi connectivity index (χ0n) is 9.59. The summed E-state index contributed by atoms with van der Waals surface area (Å²) in [7, 11) is 0. The molecule has 2 heteroatoms. The Bertz CT molecular complexity index is 452. The lowest BCUT2D eigenvalue weighted by atomic mass is 9.93. The van der Waals surface area contributed by atoms with E-state index >= 15 is 0 Å². The molecule has 0 saturated heterocycles. The standard InChI is InChI=1S/C13H16N2/c1-4-9-7-12-13(15-8-14-12)11(6-3)10(9)5-2/h7H,4-6H2,1-3H3. The highest BCUT2D eigenvalue weighted by Gasteiger charge is 2.16. The molecule has 2 nitrogen and oxygen atoms in total. The highest BCUT2D eigenvalue weighted by molar-refractivity contribution is 5.80. The van der Waals surface area contributed by atoms with E-state index in [0.29, 0.717) is 0 Å². The van der Waals surface area contributed by atoms with Gasteiger partial charge in [0.25, 0.3) is 0 Å². The van der Waals surface area contributed by atoms with E-state index in [0.717, 1.165) is 30.6 Å². The number of nitrogens with zero attached hydrogens (tertiary/aromatic N) is 2. The van der Waals surface area contributed by atoms with Crippen molar-refractivity contribution in [2.75, 3.05) is 0 Å². The molecule has 2 rings (SSSR count). The number of rotatable bonds is 3. The van der Waals surface area contributed by atoms with Crippen LogP contribution < -0.4 is 0 Å². The molecule has 1 aliphatic heterocycles. The molecule has 1 aromatic carbocycles. The zero-order chi connectivity index (χ0) is 10.8. The first-order chi connectivity index (χ1) is 7.31. The lowest BCUT2D eigenvalue weighted by Gasteiger charge is -2.14. The van der Waals surface area contributed by atoms with Crippen molar-refractivity contribution in [3.8, 4) is 0 Å². The van der Waals surface area contributed by atoms with Crippen LogP contribution in [0, 0.1) is 0 Å². The third kappa shape index (κ3) is 1.51. The Hall–Kier alpha value is -1.40. The fraction of sp³-hybridized carbons (Fsp3) is 0.462. The lowest BCUT2D eigenvalue weighted by molar-refractivity contribution is 0.982. The number of fused-ring (bicyclic) bond motifs is 1. The molecule has 0 amide bonds. The van der Waals surface area contributed by atoms with E-state index in [4.69, 9.17) is 0 Å². The highest BCUT2D eigenvalue weighted by Crippen LogP contribution is 2.39. The number of aliphatic imine (C=N–C) groups is 2. The van der Waals surface area contributed by atoms with Gasteiger partial charge in [-0.15, -0.1) is 0 Å². The van der Waals surface area contributed by atoms with Crippen LogP contribution in [0.15, 0.2) is 16.1 Å². The third-order valence-electron chi connectivity index (χ3n) is 3.01. The van der Waals surface area contributed by atoms with Crippen molar-refractivity contribution in [2.45, 2.75) is 40.0 Å². The molecule has 1 aromatic rings. The summed E-state index contributed by atoms with van der Waals surface area (Å²) in [4.78, 5) is 8.41. The molecule has 0 N–H and O–H groups in total. The maximum absolute atomic E-state index is 4.24. The van der Waals surface area contributed by atoms with Crippen LogP contribution in [0.1, 0.15) is 37.5 Å². The van der Waals surface area contributed by atoms with Gasteiger partial charge in [0.15, 0.2) is 0 Å². The number of aryl methyl sites for hydroxylation is 1. The Morgan fingerprint density at radius 2 is 1.73 bits per heavy atom. The van der Waals surface area contributed by atoms with Crippen molar-refractivity contribution in [3.05, 3.63) is 22.8 Å². The first kappa shape index (κ1) is 10.1. The molecule has 0 atom stereocenters. The molecule has 0 aromatic heterocycles. The molecule has 1 heterocycles. The Balaban J connectivity index is 2.68. The van der Waals surface area contributed by atoms with Crippen molar-refractivity contribution < 1.29 is 0 Å². The molecule has 0 unspecified atom stereocenters. The lowest BCUT2D eigenvalue weighted by Crippen LogP contribution is -1.97. The fourth-order valence-corrected chi connectivity index (χ4v) is 2.29. The second-order valence-electron chi connectivity index (χ2n) is 3.74. The Kier molecular flexibility index (Phi) is 2.70. The van der Waals surface area contributed by atoms with Crippen molar-refractivity contribution in [1.29, 1.82) is 0 Å². The molecule has 0 radical (unpaired) electrons. The first-order valence-corrected chi connectivity index (χ1v) is 5.65. The second-order valence-corrected chi connectivity index (χ2v) is 3.74. The average molecular weight is 200 g/mol. The summed E-state index contributed by atoms with van der Waals surface area (Å²) in [6, 6.07) is 4.88. The summed E-state index contributed by atoms with van der Waals surface area (Å²) in [6.45, 7) is 6.58. The van der Waals surface area contributed by atoms with Crippen molar-refractivity contribution >= 4 is 17.4 Å². The van der Waals surface area contributed by atoms with Gasteiger partial charge >= 0.3 is 0 Å². The molecule has 0 saturated carbocycles. The van der Waals surface area contributed by atoms with E-state index in [1.54, 1.807) is 0 Å². The fourth-order valence-electron chi connectivity index (χ4n) is 2.29. The summed E-state index contributed by atoms with van der Waals surface area (Å²) in [5.74, 6) is 0. The van der Waals surface area contributed by atoms with Crippen LogP contribution in [0.3, 0.4) is 0 Å². The van der Waals surface area contributed by atoms with Crippen LogP contribution in [0.5, 0.6) is 0 Å². The summed E-state index contributed by atoms with van der Waals surface area (Å²) < 4.78 is 0. The van der Waals surface area contributed by atoms with E-state index < -0.39 is 0 Å². The molecule has 78 valence electrons. The van der Waals surface area contributed by atoms with Gasteiger partial charge in [-0.1, -0.05) is 20.8 Å². The van der Waals surface area contributed by atoms with Gasteiger partial charge in [-0.3, -0.25) is 0 Å². The van der Waals surface area contributed by atoms with E-state index in [9.17, 15) is 0 Å². The summed E-state index contributed by atoms with van der Waals surface area (Å²) in [6.07, 6.45) is 3.17. The Labute approximate surface area is 90.8 Å². The van der Waals surface area contributed by atoms with Crippen LogP contribution in [-0.2, 0) is 19.3 Å². The quantitative estimate of drug-likeness (QED) is 0.719. The monoisotopic (exact) mass is 200 g/mol. The predicted octanol–water partition coefficient (Wildman–Crippen LogP) is 3.82. The topological polar surface area (TPSA) is 24.7 Å². The van der Waals surface area contributed by atoms with Gasteiger partial charge in [0, 0.05) is 0 Å².